The molecule has 0 atom stereocenters. The summed E-state index contributed by atoms with van der Waals surface area (Å²) >= 11 is 0. The third-order valence-corrected chi connectivity index (χ3v) is 4.51. The summed E-state index contributed by atoms with van der Waals surface area (Å²) in [5.41, 5.74) is 0. The van der Waals surface area contributed by atoms with Gasteiger partial charge in [0.15, 0.2) is 0 Å². The Morgan fingerprint density at radius 3 is 1.40 bits per heavy atom. The second kappa shape index (κ2) is 10.3. The molecule has 20 heavy (non-hydrogen) atoms. The molecule has 2 bridgehead atoms. The first-order valence-electron chi connectivity index (χ1n) is 8.75. The van der Waals surface area contributed by atoms with E-state index in [1.54, 1.807) is 12.8 Å². The van der Waals surface area contributed by atoms with Crippen LogP contribution in [0.2, 0.25) is 0 Å². The van der Waals surface area contributed by atoms with Gasteiger partial charge in [0.2, 0.25) is 0 Å². The fourth-order valence-electron chi connectivity index (χ4n) is 2.57. The molecule has 0 saturated heterocycles. The predicted molar refractivity (Wildman–Crippen MR) is 92.6 cm³/mol. The highest BCUT2D eigenvalue weighted by Crippen LogP contribution is 2.60. The lowest BCUT2D eigenvalue weighted by molar-refractivity contribution is -0.0909. The van der Waals surface area contributed by atoms with Crippen LogP contribution in [0.25, 0.3) is 0 Å². The van der Waals surface area contributed by atoms with Crippen molar-refractivity contribution in [2.75, 3.05) is 0 Å². The maximum Gasteiger partial charge on any atom is 0.0109 e. The van der Waals surface area contributed by atoms with Gasteiger partial charge in [-0.3, -0.25) is 0 Å². The fourth-order valence-corrected chi connectivity index (χ4v) is 2.57. The largest absolute Gasteiger partial charge is 0.120 e. The Bertz CT molecular complexity index is 252. The van der Waals surface area contributed by atoms with E-state index in [-0.39, 0.29) is 0 Å². The lowest BCUT2D eigenvalue weighted by atomic mass is 9.46. The second-order valence-electron chi connectivity index (χ2n) is 7.89. The van der Waals surface area contributed by atoms with Crippen LogP contribution in [0.1, 0.15) is 80.6 Å². The van der Waals surface area contributed by atoms with Gasteiger partial charge in [0.25, 0.3) is 0 Å². The van der Waals surface area contributed by atoms with E-state index in [1.807, 2.05) is 0 Å². The molecule has 0 spiro atoms. The van der Waals surface area contributed by atoms with Crippen molar-refractivity contribution < 1.29 is 0 Å². The van der Waals surface area contributed by atoms with Crippen LogP contribution in [0.15, 0.2) is 0 Å². The molecule has 0 aromatic heterocycles. The molecule has 0 heterocycles. The minimum atomic E-state index is 0.662. The first-order valence-corrected chi connectivity index (χ1v) is 8.75. The number of rotatable bonds is 4. The summed E-state index contributed by atoms with van der Waals surface area (Å²) in [6.07, 6.45) is 11.9. The minimum absolute atomic E-state index is 0.662. The molecular weight excluding hydrogens is 240 g/mol. The Labute approximate surface area is 129 Å². The molecule has 3 rings (SSSR count). The van der Waals surface area contributed by atoms with E-state index in [2.05, 4.69) is 54.4 Å². The van der Waals surface area contributed by atoms with Crippen LogP contribution in [-0.4, -0.2) is 0 Å². The third kappa shape index (κ3) is 7.98. The summed E-state index contributed by atoms with van der Waals surface area (Å²) in [7, 11) is 0. The zero-order valence-electron chi connectivity index (χ0n) is 15.1. The molecule has 0 radical (unpaired) electrons. The van der Waals surface area contributed by atoms with Gasteiger partial charge < -0.3 is 0 Å². The second-order valence-corrected chi connectivity index (χ2v) is 7.89. The van der Waals surface area contributed by atoms with Crippen LogP contribution < -0.4 is 0 Å². The van der Waals surface area contributed by atoms with Crippen molar-refractivity contribution >= 4 is 0 Å². The monoisotopic (exact) mass is 278 g/mol. The zero-order chi connectivity index (χ0) is 15.7. The van der Waals surface area contributed by atoms with Gasteiger partial charge in [-0.1, -0.05) is 54.9 Å². The molecule has 3 aliphatic rings. The number of hydrogen-bond acceptors (Lipinski definition) is 0. The molecule has 3 saturated carbocycles. The fraction of sp³-hybridized carbons (Fsp3) is 0.900. The van der Waals surface area contributed by atoms with Gasteiger partial charge in [0.05, 0.1) is 0 Å². The molecule has 3 aliphatic carbocycles. The van der Waals surface area contributed by atoms with Crippen LogP contribution in [0.5, 0.6) is 0 Å². The highest BCUT2D eigenvalue weighted by atomic mass is 14.6. The van der Waals surface area contributed by atoms with Crippen molar-refractivity contribution in [1.82, 2.24) is 0 Å². The summed E-state index contributed by atoms with van der Waals surface area (Å²) in [4.78, 5) is 0. The molecule has 0 nitrogen and oxygen atoms in total. The van der Waals surface area contributed by atoms with Crippen molar-refractivity contribution in [3.63, 3.8) is 0 Å². The summed E-state index contributed by atoms with van der Waals surface area (Å²) in [6.45, 7) is 15.6. The first kappa shape index (κ1) is 19.6. The topological polar surface area (TPSA) is 0 Å². The molecule has 0 unspecified atom stereocenters. The van der Waals surface area contributed by atoms with Gasteiger partial charge in [0.1, 0.15) is 0 Å². The van der Waals surface area contributed by atoms with E-state index < -0.39 is 0 Å². The molecule has 0 aliphatic heterocycles. The quantitative estimate of drug-likeness (QED) is 0.521. The average Bonchev–Trinajstić information content (AvgIpc) is 2.24. The van der Waals surface area contributed by atoms with E-state index in [0.29, 0.717) is 5.92 Å². The van der Waals surface area contributed by atoms with Crippen molar-refractivity contribution in [3.05, 3.63) is 0 Å². The van der Waals surface area contributed by atoms with Gasteiger partial charge >= 0.3 is 0 Å². The van der Waals surface area contributed by atoms with Crippen molar-refractivity contribution in [1.29, 1.82) is 0 Å². The number of terminal acetylenes is 1. The zero-order valence-corrected chi connectivity index (χ0v) is 15.1. The molecular formula is C20H38. The van der Waals surface area contributed by atoms with E-state index in [0.717, 1.165) is 18.3 Å². The third-order valence-electron chi connectivity index (χ3n) is 4.51. The summed E-state index contributed by atoms with van der Waals surface area (Å²) in [6, 6.07) is 0. The molecule has 0 aromatic carbocycles. The maximum absolute atomic E-state index is 4.98. The summed E-state index contributed by atoms with van der Waals surface area (Å²) < 4.78 is 0. The standard InChI is InChI=1S/C9H16.C6H10.C5H12/c1-6(2)3-9-7-4-8(9)5-7;1-4-5-6(2)3;1-4-5(2)3/h6-9H,3-5H2,1-2H3;1,6H,5H2,2-3H3;5H,4H2,1-3H3. The molecule has 3 fully saturated rings. The Hall–Kier alpha value is -0.440. The van der Waals surface area contributed by atoms with Crippen LogP contribution in [0.4, 0.5) is 0 Å². The van der Waals surface area contributed by atoms with Gasteiger partial charge in [0, 0.05) is 6.42 Å². The highest BCUT2D eigenvalue weighted by molar-refractivity contribution is 5.01. The van der Waals surface area contributed by atoms with Crippen molar-refractivity contribution in [2.45, 2.75) is 80.6 Å². The number of hydrogen-bond donors (Lipinski definition) is 0. The van der Waals surface area contributed by atoms with E-state index in [1.165, 1.54) is 30.6 Å². The van der Waals surface area contributed by atoms with E-state index in [4.69, 9.17) is 6.42 Å². The Morgan fingerprint density at radius 2 is 1.35 bits per heavy atom. The lowest BCUT2D eigenvalue weighted by Gasteiger charge is -2.59. The van der Waals surface area contributed by atoms with Crippen molar-refractivity contribution in [3.8, 4) is 12.3 Å². The highest BCUT2D eigenvalue weighted by Gasteiger charge is 2.51. The summed E-state index contributed by atoms with van der Waals surface area (Å²) in [5, 5.41) is 0. The molecule has 0 amide bonds. The van der Waals surface area contributed by atoms with Gasteiger partial charge in [-0.15, -0.1) is 12.3 Å². The van der Waals surface area contributed by atoms with Crippen molar-refractivity contribution in [2.24, 2.45) is 35.5 Å². The lowest BCUT2D eigenvalue weighted by Crippen LogP contribution is -2.50. The Morgan fingerprint density at radius 1 is 0.900 bits per heavy atom. The van der Waals surface area contributed by atoms with E-state index >= 15 is 0 Å². The Kier molecular flexibility index (Phi) is 10.1. The van der Waals surface area contributed by atoms with Gasteiger partial charge in [-0.25, -0.2) is 0 Å². The SMILES string of the molecule is C#CCC(C)C.CC(C)CC1C2CC1C2.CCC(C)C. The smallest absolute Gasteiger partial charge is 0.0109 e. The van der Waals surface area contributed by atoms with Crippen LogP contribution in [-0.2, 0) is 0 Å². The van der Waals surface area contributed by atoms with Gasteiger partial charge in [-0.05, 0) is 54.8 Å². The van der Waals surface area contributed by atoms with Crippen LogP contribution in [0, 0.1) is 47.9 Å². The van der Waals surface area contributed by atoms with E-state index in [9.17, 15) is 0 Å². The normalized spacial score (nSPS) is 25.8. The van der Waals surface area contributed by atoms with Gasteiger partial charge in [-0.2, -0.15) is 0 Å². The molecule has 0 N–H and O–H groups in total. The maximum atomic E-state index is 4.98. The molecule has 118 valence electrons. The molecule has 0 heteroatoms. The minimum Gasteiger partial charge on any atom is -0.120 e. The van der Waals surface area contributed by atoms with Crippen LogP contribution in [0.3, 0.4) is 0 Å². The molecule has 0 aromatic rings. The predicted octanol–water partition coefficient (Wildman–Crippen LogP) is 6.41. The average molecular weight is 279 g/mol. The summed E-state index contributed by atoms with van der Waals surface area (Å²) in [5.74, 6) is 8.59. The first-order chi connectivity index (χ1) is 9.31. The Balaban J connectivity index is 0.000000291. The van der Waals surface area contributed by atoms with Crippen LogP contribution >= 0.6 is 0 Å².